The third-order valence-electron chi connectivity index (χ3n) is 3.41. The lowest BCUT2D eigenvalue weighted by molar-refractivity contribution is 0.251. The molecule has 2 aromatic heterocycles. The van der Waals surface area contributed by atoms with Crippen molar-refractivity contribution in [1.82, 2.24) is 20.3 Å². The summed E-state index contributed by atoms with van der Waals surface area (Å²) in [6.07, 6.45) is 6.01. The van der Waals surface area contributed by atoms with Crippen molar-refractivity contribution in [3.63, 3.8) is 0 Å². The van der Waals surface area contributed by atoms with E-state index in [0.29, 0.717) is 12.2 Å². The van der Waals surface area contributed by atoms with E-state index >= 15 is 0 Å². The Bertz CT molecular complexity index is 978. The lowest BCUT2D eigenvalue weighted by Crippen LogP contribution is -2.28. The first-order valence-electron chi connectivity index (χ1n) is 7.61. The first kappa shape index (κ1) is 17.5. The maximum atomic E-state index is 12.4. The second-order valence-corrected chi connectivity index (χ2v) is 7.07. The molecule has 9 heteroatoms. The number of sulfone groups is 1. The van der Waals surface area contributed by atoms with Crippen LogP contribution in [-0.4, -0.2) is 29.4 Å². The monoisotopic (exact) mass is 369 g/mol. The van der Waals surface area contributed by atoms with Gasteiger partial charge in [-0.15, -0.1) is 0 Å². The number of benzene rings is 1. The van der Waals surface area contributed by atoms with Gasteiger partial charge in [0.25, 0.3) is 5.16 Å². The molecule has 0 aliphatic carbocycles. The summed E-state index contributed by atoms with van der Waals surface area (Å²) in [6.45, 7) is 0.353. The summed E-state index contributed by atoms with van der Waals surface area (Å²) in [6, 6.07) is 10.5. The fourth-order valence-electron chi connectivity index (χ4n) is 2.11. The van der Waals surface area contributed by atoms with Gasteiger partial charge in [0.2, 0.25) is 9.84 Å². The van der Waals surface area contributed by atoms with Gasteiger partial charge in [0.1, 0.15) is 0 Å². The Morgan fingerprint density at radius 3 is 2.23 bits per heavy atom. The summed E-state index contributed by atoms with van der Waals surface area (Å²) in [7, 11) is -3.79. The Kier molecular flexibility index (Phi) is 5.18. The summed E-state index contributed by atoms with van der Waals surface area (Å²) >= 11 is 0. The molecule has 8 nitrogen and oxygen atoms in total. The maximum Gasteiger partial charge on any atom is 0.319 e. The van der Waals surface area contributed by atoms with Crippen molar-refractivity contribution in [2.75, 3.05) is 5.32 Å². The van der Waals surface area contributed by atoms with Gasteiger partial charge in [0.15, 0.2) is 0 Å². The zero-order valence-electron chi connectivity index (χ0n) is 13.5. The van der Waals surface area contributed by atoms with Crippen LogP contribution >= 0.6 is 0 Å². The first-order valence-corrected chi connectivity index (χ1v) is 9.10. The van der Waals surface area contributed by atoms with Crippen LogP contribution in [-0.2, 0) is 16.4 Å². The number of nitrogens with zero attached hydrogens (tertiary/aromatic N) is 3. The Labute approximate surface area is 150 Å². The van der Waals surface area contributed by atoms with E-state index in [1.165, 1.54) is 42.7 Å². The molecule has 1 aromatic carbocycles. The number of anilines is 1. The summed E-state index contributed by atoms with van der Waals surface area (Å²) in [5.41, 5.74) is 1.38. The van der Waals surface area contributed by atoms with Crippen LogP contribution in [0.5, 0.6) is 0 Å². The number of carbonyl (C=O) groups excluding carboxylic acids is 1. The number of aromatic nitrogens is 3. The number of amides is 2. The molecule has 132 valence electrons. The van der Waals surface area contributed by atoms with Crippen LogP contribution in [0, 0.1) is 0 Å². The van der Waals surface area contributed by atoms with E-state index in [-0.39, 0.29) is 10.1 Å². The number of hydrogen-bond donors (Lipinski definition) is 2. The van der Waals surface area contributed by atoms with Gasteiger partial charge in [-0.3, -0.25) is 4.98 Å². The normalized spacial score (nSPS) is 10.9. The topological polar surface area (TPSA) is 114 Å². The Hall–Kier alpha value is -3.33. The molecule has 0 aliphatic rings. The van der Waals surface area contributed by atoms with E-state index in [2.05, 4.69) is 25.6 Å². The molecule has 0 saturated carbocycles. The highest BCUT2D eigenvalue weighted by atomic mass is 32.2. The van der Waals surface area contributed by atoms with Crippen LogP contribution in [0.25, 0.3) is 0 Å². The average molecular weight is 369 g/mol. The van der Waals surface area contributed by atoms with Gasteiger partial charge in [-0.1, -0.05) is 0 Å². The highest BCUT2D eigenvalue weighted by molar-refractivity contribution is 7.91. The van der Waals surface area contributed by atoms with Crippen molar-refractivity contribution in [3.8, 4) is 0 Å². The predicted octanol–water partition coefficient (Wildman–Crippen LogP) is 2.03. The molecule has 0 radical (unpaired) electrons. The van der Waals surface area contributed by atoms with Crippen LogP contribution in [0.3, 0.4) is 0 Å². The average Bonchev–Trinajstić information content (AvgIpc) is 2.68. The molecule has 3 rings (SSSR count). The predicted molar refractivity (Wildman–Crippen MR) is 94.0 cm³/mol. The van der Waals surface area contributed by atoms with E-state index in [4.69, 9.17) is 0 Å². The fraction of sp³-hybridized carbons (Fsp3) is 0.0588. The van der Waals surface area contributed by atoms with Crippen LogP contribution < -0.4 is 10.6 Å². The minimum atomic E-state index is -3.79. The van der Waals surface area contributed by atoms with Gasteiger partial charge in [0.05, 0.1) is 4.90 Å². The Morgan fingerprint density at radius 2 is 1.58 bits per heavy atom. The number of urea groups is 1. The van der Waals surface area contributed by atoms with Crippen molar-refractivity contribution in [2.24, 2.45) is 0 Å². The van der Waals surface area contributed by atoms with E-state index in [1.807, 2.05) is 0 Å². The summed E-state index contributed by atoms with van der Waals surface area (Å²) < 4.78 is 24.8. The standard InChI is InChI=1S/C17H15N5O3S/c23-16(21-12-13-6-10-18-11-7-13)22-14-2-4-15(5-3-14)26(24,25)17-19-8-1-9-20-17/h1-11H,12H2,(H2,21,22,23). The molecular formula is C17H15N5O3S. The minimum Gasteiger partial charge on any atom is -0.334 e. The van der Waals surface area contributed by atoms with Gasteiger partial charge in [-0.2, -0.15) is 0 Å². The third kappa shape index (κ3) is 4.19. The van der Waals surface area contributed by atoms with Crippen molar-refractivity contribution in [2.45, 2.75) is 16.6 Å². The van der Waals surface area contributed by atoms with E-state index in [9.17, 15) is 13.2 Å². The maximum absolute atomic E-state index is 12.4. The van der Waals surface area contributed by atoms with Gasteiger partial charge in [0, 0.05) is 37.0 Å². The second kappa shape index (κ2) is 7.70. The Morgan fingerprint density at radius 1 is 0.923 bits per heavy atom. The molecule has 0 bridgehead atoms. The molecule has 2 heterocycles. The molecule has 0 spiro atoms. The van der Waals surface area contributed by atoms with Crippen molar-refractivity contribution < 1.29 is 13.2 Å². The number of nitrogens with one attached hydrogen (secondary N) is 2. The number of rotatable bonds is 5. The van der Waals surface area contributed by atoms with E-state index in [0.717, 1.165) is 5.56 Å². The SMILES string of the molecule is O=C(NCc1ccncc1)Nc1ccc(S(=O)(=O)c2ncccn2)cc1. The zero-order chi connectivity index (χ0) is 18.4. The molecule has 3 aromatic rings. The van der Waals surface area contributed by atoms with E-state index < -0.39 is 15.9 Å². The Balaban J connectivity index is 1.63. The summed E-state index contributed by atoms with van der Waals surface area (Å²) in [5, 5.41) is 5.07. The summed E-state index contributed by atoms with van der Waals surface area (Å²) in [4.78, 5) is 23.4. The molecule has 2 N–H and O–H groups in total. The molecule has 0 saturated heterocycles. The van der Waals surface area contributed by atoms with Gasteiger partial charge >= 0.3 is 6.03 Å². The van der Waals surface area contributed by atoms with E-state index in [1.54, 1.807) is 24.5 Å². The number of pyridine rings is 1. The molecule has 0 fully saturated rings. The van der Waals surface area contributed by atoms with Gasteiger partial charge < -0.3 is 10.6 Å². The fourth-order valence-corrected chi connectivity index (χ4v) is 3.21. The lowest BCUT2D eigenvalue weighted by Gasteiger charge is -2.08. The largest absolute Gasteiger partial charge is 0.334 e. The number of hydrogen-bond acceptors (Lipinski definition) is 6. The second-order valence-electron chi connectivity index (χ2n) is 5.22. The van der Waals surface area contributed by atoms with Crippen LogP contribution in [0.2, 0.25) is 0 Å². The van der Waals surface area contributed by atoms with Crippen LogP contribution in [0.4, 0.5) is 10.5 Å². The van der Waals surface area contributed by atoms with Crippen LogP contribution in [0.15, 0.2) is 77.3 Å². The minimum absolute atomic E-state index is 0.0476. The van der Waals surface area contributed by atoms with Crippen molar-refractivity contribution >= 4 is 21.6 Å². The molecule has 0 aliphatic heterocycles. The molecule has 0 atom stereocenters. The van der Waals surface area contributed by atoms with Gasteiger partial charge in [-0.25, -0.2) is 23.2 Å². The molecular weight excluding hydrogens is 354 g/mol. The van der Waals surface area contributed by atoms with Crippen molar-refractivity contribution in [1.29, 1.82) is 0 Å². The molecule has 2 amide bonds. The van der Waals surface area contributed by atoms with Crippen LogP contribution in [0.1, 0.15) is 5.56 Å². The zero-order valence-corrected chi connectivity index (χ0v) is 14.3. The third-order valence-corrected chi connectivity index (χ3v) is 4.99. The highest BCUT2D eigenvalue weighted by Gasteiger charge is 2.20. The molecule has 26 heavy (non-hydrogen) atoms. The molecule has 0 unspecified atom stereocenters. The lowest BCUT2D eigenvalue weighted by atomic mass is 10.3. The quantitative estimate of drug-likeness (QED) is 0.665. The highest BCUT2D eigenvalue weighted by Crippen LogP contribution is 2.19. The van der Waals surface area contributed by atoms with Gasteiger partial charge in [-0.05, 0) is 48.0 Å². The first-order chi connectivity index (χ1) is 12.6. The van der Waals surface area contributed by atoms with Crippen molar-refractivity contribution in [3.05, 3.63) is 72.8 Å². The number of carbonyl (C=O) groups is 1. The smallest absolute Gasteiger partial charge is 0.319 e. The summed E-state index contributed by atoms with van der Waals surface area (Å²) in [5.74, 6) is 0.